The third-order valence-corrected chi connectivity index (χ3v) is 5.46. The summed E-state index contributed by atoms with van der Waals surface area (Å²) in [6, 6.07) is 9.97. The van der Waals surface area contributed by atoms with Crippen molar-refractivity contribution in [3.8, 4) is 5.88 Å². The highest BCUT2D eigenvalue weighted by atomic mass is 16.5. The first-order valence-electron chi connectivity index (χ1n) is 9.90. The number of carbonyl (C=O) groups is 1. The average molecular weight is 377 g/mol. The van der Waals surface area contributed by atoms with Gasteiger partial charge in [0.05, 0.1) is 5.56 Å². The SMILES string of the molecule is CC(C)Cn1cnc2c(c1=N)[C@H](c1ccccc1)C1=C(CC(C)(C)CC1=O)O2. The van der Waals surface area contributed by atoms with Crippen LogP contribution in [0, 0.1) is 16.7 Å². The Morgan fingerprint density at radius 1 is 1.25 bits per heavy atom. The Bertz CT molecular complexity index is 1020. The molecule has 0 saturated carbocycles. The smallest absolute Gasteiger partial charge is 0.228 e. The fraction of sp³-hybridized carbons (Fsp3) is 0.435. The van der Waals surface area contributed by atoms with Crippen LogP contribution in [0.1, 0.15) is 57.6 Å². The predicted octanol–water partition coefficient (Wildman–Crippen LogP) is 4.19. The van der Waals surface area contributed by atoms with Gasteiger partial charge in [-0.2, -0.15) is 0 Å². The molecule has 2 aliphatic rings. The van der Waals surface area contributed by atoms with Crippen LogP contribution in [0.25, 0.3) is 0 Å². The van der Waals surface area contributed by atoms with Crippen molar-refractivity contribution in [3.05, 3.63) is 64.6 Å². The van der Waals surface area contributed by atoms with E-state index in [2.05, 4.69) is 32.7 Å². The van der Waals surface area contributed by atoms with Crippen LogP contribution in [-0.4, -0.2) is 15.3 Å². The number of allylic oxidation sites excluding steroid dienone is 2. The van der Waals surface area contributed by atoms with E-state index in [-0.39, 0.29) is 17.1 Å². The minimum Gasteiger partial charge on any atom is -0.442 e. The zero-order chi connectivity index (χ0) is 20.1. The zero-order valence-electron chi connectivity index (χ0n) is 17.0. The lowest BCUT2D eigenvalue weighted by Crippen LogP contribution is -2.37. The highest BCUT2D eigenvalue weighted by Gasteiger charge is 2.43. The standard InChI is InChI=1S/C23H27N3O2/c1-14(2)12-26-13-25-22-20(21(26)24)18(15-8-6-5-7-9-15)19-16(27)10-23(3,4)11-17(19)28-22/h5-9,13-14,18,24H,10-12H2,1-4H3/t18-/m1/s1. The van der Waals surface area contributed by atoms with E-state index in [1.165, 1.54) is 0 Å². The molecule has 1 aromatic carbocycles. The maximum atomic E-state index is 13.2. The molecule has 1 aliphatic carbocycles. The van der Waals surface area contributed by atoms with Crippen molar-refractivity contribution in [1.29, 1.82) is 5.41 Å². The number of fused-ring (bicyclic) bond motifs is 1. The van der Waals surface area contributed by atoms with Gasteiger partial charge in [-0.25, -0.2) is 4.98 Å². The summed E-state index contributed by atoms with van der Waals surface area (Å²) in [6.07, 6.45) is 2.88. The Hall–Kier alpha value is -2.69. The maximum absolute atomic E-state index is 13.2. The molecule has 5 nitrogen and oxygen atoms in total. The Balaban J connectivity index is 1.95. The third-order valence-electron chi connectivity index (χ3n) is 5.46. The van der Waals surface area contributed by atoms with Crippen LogP contribution in [-0.2, 0) is 11.3 Å². The Morgan fingerprint density at radius 2 is 1.96 bits per heavy atom. The van der Waals surface area contributed by atoms with Gasteiger partial charge in [0, 0.05) is 30.9 Å². The predicted molar refractivity (Wildman–Crippen MR) is 107 cm³/mol. The van der Waals surface area contributed by atoms with Crippen LogP contribution < -0.4 is 10.2 Å². The number of rotatable bonds is 3. The van der Waals surface area contributed by atoms with E-state index in [4.69, 9.17) is 10.1 Å². The van der Waals surface area contributed by atoms with Crippen molar-refractivity contribution in [3.63, 3.8) is 0 Å². The number of carbonyl (C=O) groups excluding carboxylic acids is 1. The summed E-state index contributed by atoms with van der Waals surface area (Å²) < 4.78 is 8.00. The molecule has 28 heavy (non-hydrogen) atoms. The first-order chi connectivity index (χ1) is 13.3. The van der Waals surface area contributed by atoms with E-state index in [0.29, 0.717) is 47.8 Å². The molecule has 0 bridgehead atoms. The number of ketones is 1. The van der Waals surface area contributed by atoms with Gasteiger partial charge in [-0.3, -0.25) is 10.2 Å². The minimum absolute atomic E-state index is 0.115. The topological polar surface area (TPSA) is 68.0 Å². The molecule has 1 aromatic heterocycles. The second-order valence-electron chi connectivity index (χ2n) is 9.08. The molecule has 0 amide bonds. The van der Waals surface area contributed by atoms with Gasteiger partial charge >= 0.3 is 0 Å². The van der Waals surface area contributed by atoms with Crippen LogP contribution in [0.4, 0.5) is 0 Å². The molecule has 1 aliphatic heterocycles. The van der Waals surface area contributed by atoms with E-state index in [1.54, 1.807) is 6.33 Å². The van der Waals surface area contributed by atoms with Crippen LogP contribution in [0.3, 0.4) is 0 Å². The van der Waals surface area contributed by atoms with E-state index in [1.807, 2.05) is 34.9 Å². The zero-order valence-corrected chi connectivity index (χ0v) is 17.0. The average Bonchev–Trinajstić information content (AvgIpc) is 2.62. The fourth-order valence-corrected chi connectivity index (χ4v) is 4.31. The number of nitrogens with zero attached hydrogens (tertiary/aromatic N) is 2. The molecular weight excluding hydrogens is 350 g/mol. The highest BCUT2D eigenvalue weighted by molar-refractivity contribution is 6.00. The summed E-state index contributed by atoms with van der Waals surface area (Å²) in [7, 11) is 0. The second-order valence-corrected chi connectivity index (χ2v) is 9.08. The van der Waals surface area contributed by atoms with Gasteiger partial charge in [0.1, 0.15) is 17.6 Å². The normalized spacial score (nSPS) is 20.6. The lowest BCUT2D eigenvalue weighted by molar-refractivity contribution is -0.118. The molecule has 0 radical (unpaired) electrons. The molecule has 1 atom stereocenters. The number of benzene rings is 1. The molecule has 146 valence electrons. The van der Waals surface area contributed by atoms with Crippen molar-refractivity contribution in [2.24, 2.45) is 11.3 Å². The Morgan fingerprint density at radius 3 is 2.64 bits per heavy atom. The van der Waals surface area contributed by atoms with Crippen LogP contribution in [0.15, 0.2) is 48.0 Å². The molecule has 2 aromatic rings. The molecule has 0 unspecified atom stereocenters. The van der Waals surface area contributed by atoms with Crippen molar-refractivity contribution in [2.45, 2.75) is 53.0 Å². The molecular formula is C23H27N3O2. The lowest BCUT2D eigenvalue weighted by atomic mass is 9.70. The summed E-state index contributed by atoms with van der Waals surface area (Å²) in [4.78, 5) is 17.7. The molecule has 0 saturated heterocycles. The Labute approximate surface area is 165 Å². The van der Waals surface area contributed by atoms with Gasteiger partial charge in [0.15, 0.2) is 5.78 Å². The van der Waals surface area contributed by atoms with E-state index in [0.717, 1.165) is 11.3 Å². The molecule has 1 N–H and O–H groups in total. The third kappa shape index (κ3) is 3.19. The summed E-state index contributed by atoms with van der Waals surface area (Å²) in [6.45, 7) is 9.12. The van der Waals surface area contributed by atoms with E-state index in [9.17, 15) is 4.79 Å². The van der Waals surface area contributed by atoms with Gasteiger partial charge in [-0.1, -0.05) is 58.0 Å². The first-order valence-corrected chi connectivity index (χ1v) is 9.90. The number of aromatic nitrogens is 2. The molecule has 0 fully saturated rings. The van der Waals surface area contributed by atoms with Crippen molar-refractivity contribution < 1.29 is 9.53 Å². The summed E-state index contributed by atoms with van der Waals surface area (Å²) in [5, 5.41) is 8.86. The van der Waals surface area contributed by atoms with Crippen molar-refractivity contribution >= 4 is 5.78 Å². The van der Waals surface area contributed by atoms with Crippen LogP contribution >= 0.6 is 0 Å². The first kappa shape index (κ1) is 18.7. The minimum atomic E-state index is -0.303. The van der Waals surface area contributed by atoms with E-state index < -0.39 is 0 Å². The quantitative estimate of drug-likeness (QED) is 0.872. The lowest BCUT2D eigenvalue weighted by Gasteiger charge is -2.38. The van der Waals surface area contributed by atoms with Crippen molar-refractivity contribution in [2.75, 3.05) is 0 Å². The van der Waals surface area contributed by atoms with Gasteiger partial charge in [0.2, 0.25) is 5.88 Å². The van der Waals surface area contributed by atoms with Gasteiger partial charge in [0.25, 0.3) is 0 Å². The van der Waals surface area contributed by atoms with Gasteiger partial charge in [-0.15, -0.1) is 0 Å². The fourth-order valence-electron chi connectivity index (χ4n) is 4.31. The number of Topliss-reactive ketones (excluding diaryl/α,β-unsaturated/α-hetero) is 1. The van der Waals surface area contributed by atoms with Gasteiger partial charge in [-0.05, 0) is 16.9 Å². The van der Waals surface area contributed by atoms with Crippen molar-refractivity contribution in [1.82, 2.24) is 9.55 Å². The van der Waals surface area contributed by atoms with Gasteiger partial charge < -0.3 is 9.30 Å². The molecule has 0 spiro atoms. The summed E-state index contributed by atoms with van der Waals surface area (Å²) in [5.74, 6) is 1.38. The number of hydrogen-bond acceptors (Lipinski definition) is 4. The van der Waals surface area contributed by atoms with E-state index >= 15 is 0 Å². The number of ether oxygens (including phenoxy) is 1. The summed E-state index contributed by atoms with van der Waals surface area (Å²) in [5.41, 5.74) is 2.64. The maximum Gasteiger partial charge on any atom is 0.228 e. The van der Waals surface area contributed by atoms with Crippen LogP contribution in [0.2, 0.25) is 0 Å². The summed E-state index contributed by atoms with van der Waals surface area (Å²) >= 11 is 0. The molecule has 5 heteroatoms. The van der Waals surface area contributed by atoms with Crippen LogP contribution in [0.5, 0.6) is 5.88 Å². The second kappa shape index (κ2) is 6.73. The molecule has 2 heterocycles. The number of nitrogens with one attached hydrogen (secondary N) is 1. The molecule has 4 rings (SSSR count). The highest BCUT2D eigenvalue weighted by Crippen LogP contribution is 2.48. The largest absolute Gasteiger partial charge is 0.442 e. The monoisotopic (exact) mass is 377 g/mol. The number of hydrogen-bond donors (Lipinski definition) is 1. The Kier molecular flexibility index (Phi) is 4.48.